The van der Waals surface area contributed by atoms with E-state index in [1.54, 1.807) is 7.11 Å². The van der Waals surface area contributed by atoms with Gasteiger partial charge in [-0.05, 0) is 19.8 Å². The van der Waals surface area contributed by atoms with Gasteiger partial charge in [-0.1, -0.05) is 213 Å². The Kier molecular flexibility index (Phi) is 63.6. The van der Waals surface area contributed by atoms with Crippen molar-refractivity contribution in [2.45, 2.75) is 226 Å². The van der Waals surface area contributed by atoms with Crippen LogP contribution in [-0.4, -0.2) is 146 Å². The maximum atomic E-state index is 14.3. The highest BCUT2D eigenvalue weighted by atomic mass is 31.2. The lowest BCUT2D eigenvalue weighted by Gasteiger charge is -2.21. The molecule has 0 aromatic rings. The fourth-order valence-corrected chi connectivity index (χ4v) is 9.98. The highest BCUT2D eigenvalue weighted by Gasteiger charge is 2.30. The quantitative estimate of drug-likeness (QED) is 0.0424. The molecule has 14 heteroatoms. The molecule has 13 nitrogen and oxygen atoms in total. The maximum Gasteiger partial charge on any atom is 0.359 e. The minimum absolute atomic E-state index is 0.193. The highest BCUT2D eigenvalue weighted by molar-refractivity contribution is 7.58. The second-order valence-electron chi connectivity index (χ2n) is 19.5. The zero-order chi connectivity index (χ0) is 52.7. The van der Waals surface area contributed by atoms with Crippen LogP contribution in [0.3, 0.4) is 0 Å². The van der Waals surface area contributed by atoms with Crippen LogP contribution in [0.4, 0.5) is 0 Å². The second kappa shape index (κ2) is 64.0. The van der Waals surface area contributed by atoms with Gasteiger partial charge in [0.2, 0.25) is 0 Å². The Labute approximate surface area is 450 Å². The van der Waals surface area contributed by atoms with Crippen LogP contribution in [0.2, 0.25) is 0 Å². The van der Waals surface area contributed by atoms with Crippen molar-refractivity contribution in [2.75, 3.05) is 146 Å². The molecule has 0 N–H and O–H groups in total. The topological polar surface area (TPSA) is 128 Å². The average Bonchev–Trinajstić information content (AvgIpc) is 3.40. The molecule has 0 rings (SSSR count). The van der Waals surface area contributed by atoms with Crippen LogP contribution in [0.15, 0.2) is 11.4 Å². The Morgan fingerprint density at radius 3 is 0.712 bits per heavy atom. The molecule has 0 aromatic heterocycles. The molecule has 438 valence electrons. The molecular weight excluding hydrogens is 948 g/mol. The van der Waals surface area contributed by atoms with Gasteiger partial charge in [0.1, 0.15) is 0 Å². The van der Waals surface area contributed by atoms with E-state index in [1.807, 2.05) is 13.0 Å². The normalized spacial score (nSPS) is 12.2. The van der Waals surface area contributed by atoms with Crippen molar-refractivity contribution in [1.29, 1.82) is 0 Å². The Balaban J connectivity index is 4.18. The lowest BCUT2D eigenvalue weighted by atomic mass is 10.0. The summed E-state index contributed by atoms with van der Waals surface area (Å²) in [7, 11) is -1.82. The SMILES string of the molecule is CC=C(COCCOCCOCCOCCOCCOCCOCCOCCOCCOC)P(=O)(OCCCCCCCCCCCCCCCCCC)OCCCCCCCCCCCCCCCCCC. The Morgan fingerprint density at radius 1 is 0.288 bits per heavy atom. The van der Waals surface area contributed by atoms with Crippen molar-refractivity contribution in [2.24, 2.45) is 0 Å². The van der Waals surface area contributed by atoms with Crippen molar-refractivity contribution in [3.05, 3.63) is 11.4 Å². The van der Waals surface area contributed by atoms with Gasteiger partial charge in [0.25, 0.3) is 0 Å². The minimum Gasteiger partial charge on any atom is -0.382 e. The molecular formula is C59H119O13P. The van der Waals surface area contributed by atoms with E-state index in [0.29, 0.717) is 137 Å². The van der Waals surface area contributed by atoms with Gasteiger partial charge in [-0.15, -0.1) is 0 Å². The zero-order valence-corrected chi connectivity index (χ0v) is 49.2. The van der Waals surface area contributed by atoms with Crippen LogP contribution in [0.5, 0.6) is 0 Å². The van der Waals surface area contributed by atoms with Gasteiger partial charge in [0, 0.05) is 7.11 Å². The van der Waals surface area contributed by atoms with E-state index in [1.165, 1.54) is 180 Å². The van der Waals surface area contributed by atoms with E-state index >= 15 is 0 Å². The summed E-state index contributed by atoms with van der Waals surface area (Å²) in [5.74, 6) is 0. The van der Waals surface area contributed by atoms with Gasteiger partial charge in [-0.25, -0.2) is 0 Å². The molecule has 73 heavy (non-hydrogen) atoms. The van der Waals surface area contributed by atoms with Gasteiger partial charge in [-0.3, -0.25) is 4.57 Å². The van der Waals surface area contributed by atoms with Crippen LogP contribution in [0, 0.1) is 0 Å². The van der Waals surface area contributed by atoms with Gasteiger partial charge in [-0.2, -0.15) is 0 Å². The van der Waals surface area contributed by atoms with Crippen LogP contribution < -0.4 is 0 Å². The summed E-state index contributed by atoms with van der Waals surface area (Å²) in [6.07, 6.45) is 43.9. The molecule has 0 amide bonds. The zero-order valence-electron chi connectivity index (χ0n) is 48.3. The van der Waals surface area contributed by atoms with Crippen molar-refractivity contribution < 1.29 is 61.0 Å². The van der Waals surface area contributed by atoms with Crippen molar-refractivity contribution in [1.82, 2.24) is 0 Å². The molecule has 0 aromatic carbocycles. The first-order chi connectivity index (χ1) is 36.1. The van der Waals surface area contributed by atoms with Crippen LogP contribution >= 0.6 is 7.60 Å². The Morgan fingerprint density at radius 2 is 0.493 bits per heavy atom. The predicted molar refractivity (Wildman–Crippen MR) is 302 cm³/mol. The van der Waals surface area contributed by atoms with E-state index in [2.05, 4.69) is 13.8 Å². The summed E-state index contributed by atoms with van der Waals surface area (Å²) < 4.78 is 81.7. The molecule has 0 heterocycles. The van der Waals surface area contributed by atoms with E-state index in [9.17, 15) is 4.57 Å². The van der Waals surface area contributed by atoms with Crippen LogP contribution in [0.1, 0.15) is 226 Å². The number of hydrogen-bond acceptors (Lipinski definition) is 13. The summed E-state index contributed by atoms with van der Waals surface area (Å²) in [4.78, 5) is 0. The van der Waals surface area contributed by atoms with Crippen molar-refractivity contribution in [3.63, 3.8) is 0 Å². The molecule has 0 saturated heterocycles. The lowest BCUT2D eigenvalue weighted by Crippen LogP contribution is -2.15. The third-order valence-corrected chi connectivity index (χ3v) is 15.0. The first-order valence-corrected chi connectivity index (χ1v) is 31.9. The highest BCUT2D eigenvalue weighted by Crippen LogP contribution is 2.56. The van der Waals surface area contributed by atoms with Gasteiger partial charge in [0.05, 0.1) is 144 Å². The maximum absolute atomic E-state index is 14.3. The number of allylic oxidation sites excluding steroid dienone is 1. The van der Waals surface area contributed by atoms with E-state index < -0.39 is 7.60 Å². The monoisotopic (exact) mass is 1070 g/mol. The number of ether oxygens (including phenoxy) is 10. The van der Waals surface area contributed by atoms with E-state index in [0.717, 1.165) is 25.7 Å². The summed E-state index contributed by atoms with van der Waals surface area (Å²) in [6.45, 7) is 16.6. The molecule has 0 unspecified atom stereocenters. The summed E-state index contributed by atoms with van der Waals surface area (Å²) in [5, 5.41) is 0.596. The molecule has 0 radical (unpaired) electrons. The third kappa shape index (κ3) is 57.5. The summed E-state index contributed by atoms with van der Waals surface area (Å²) >= 11 is 0. The number of rotatable bonds is 66. The largest absolute Gasteiger partial charge is 0.382 e. The van der Waals surface area contributed by atoms with E-state index in [-0.39, 0.29) is 6.61 Å². The Bertz CT molecular complexity index is 1060. The Hall–Kier alpha value is -0.510. The van der Waals surface area contributed by atoms with Gasteiger partial charge < -0.3 is 56.4 Å². The molecule has 0 aliphatic carbocycles. The van der Waals surface area contributed by atoms with Crippen LogP contribution in [-0.2, 0) is 61.0 Å². The summed E-state index contributed by atoms with van der Waals surface area (Å²) in [5.41, 5.74) is 0. The number of hydrogen-bond donors (Lipinski definition) is 0. The smallest absolute Gasteiger partial charge is 0.359 e. The van der Waals surface area contributed by atoms with Crippen molar-refractivity contribution in [3.8, 4) is 0 Å². The standard InChI is InChI=1S/C59H119O13P/c1-5-8-10-12-14-16-18-20-22-24-26-28-30-32-34-36-38-71-73(60,72-39-37-35-33-31-29-27-25-23-21-19-17-15-13-11-9-6-2)59(7-3)58-70-57-56-69-55-54-68-53-52-67-51-50-66-49-48-65-47-46-64-45-44-63-43-42-62-41-40-61-4/h7H,5-6,8-58H2,1-4H3. The number of unbranched alkanes of at least 4 members (excludes halogenated alkanes) is 30. The molecule has 0 atom stereocenters. The fourth-order valence-electron chi connectivity index (χ4n) is 8.27. The average molecular weight is 1070 g/mol. The molecule has 0 saturated carbocycles. The van der Waals surface area contributed by atoms with Gasteiger partial charge >= 0.3 is 7.60 Å². The molecule has 0 spiro atoms. The first kappa shape index (κ1) is 72.5. The van der Waals surface area contributed by atoms with Gasteiger partial charge in [0.15, 0.2) is 0 Å². The molecule has 0 bridgehead atoms. The van der Waals surface area contributed by atoms with Crippen molar-refractivity contribution >= 4 is 7.60 Å². The van der Waals surface area contributed by atoms with E-state index in [4.69, 9.17) is 56.4 Å². The predicted octanol–water partition coefficient (Wildman–Crippen LogP) is 15.4. The molecule has 0 aliphatic heterocycles. The number of methoxy groups -OCH3 is 1. The lowest BCUT2D eigenvalue weighted by molar-refractivity contribution is -0.0256. The fraction of sp³-hybridized carbons (Fsp3) is 0.966. The summed E-state index contributed by atoms with van der Waals surface area (Å²) in [6, 6.07) is 0. The molecule has 0 aliphatic rings. The molecule has 0 fully saturated rings. The second-order valence-corrected chi connectivity index (χ2v) is 21.6. The third-order valence-electron chi connectivity index (χ3n) is 12.9. The first-order valence-electron chi connectivity index (χ1n) is 30.4. The minimum atomic E-state index is -3.47. The van der Waals surface area contributed by atoms with Crippen LogP contribution in [0.25, 0.3) is 0 Å².